The van der Waals surface area contributed by atoms with Crippen molar-refractivity contribution < 1.29 is 9.59 Å². The van der Waals surface area contributed by atoms with Gasteiger partial charge >= 0.3 is 0 Å². The van der Waals surface area contributed by atoms with Crippen molar-refractivity contribution in [2.24, 2.45) is 0 Å². The van der Waals surface area contributed by atoms with Gasteiger partial charge in [-0.2, -0.15) is 0 Å². The van der Waals surface area contributed by atoms with E-state index in [0.717, 1.165) is 0 Å². The summed E-state index contributed by atoms with van der Waals surface area (Å²) in [6.07, 6.45) is 7.33. The van der Waals surface area contributed by atoms with Crippen LogP contribution in [0, 0.1) is 0 Å². The smallest absolute Gasteiger partial charge is 0.243 e. The zero-order valence-corrected chi connectivity index (χ0v) is 6.54. The van der Waals surface area contributed by atoms with Crippen molar-refractivity contribution in [3.63, 3.8) is 0 Å². The van der Waals surface area contributed by atoms with Crippen molar-refractivity contribution in [2.45, 2.75) is 6.42 Å². The van der Waals surface area contributed by atoms with E-state index in [1.54, 1.807) is 18.4 Å². The Morgan fingerprint density at radius 2 is 2.08 bits per heavy atom. The van der Waals surface area contributed by atoms with E-state index in [1.165, 1.54) is 6.08 Å². The van der Waals surface area contributed by atoms with Gasteiger partial charge in [-0.1, -0.05) is 12.2 Å². The van der Waals surface area contributed by atoms with Crippen LogP contribution < -0.4 is 10.6 Å². The van der Waals surface area contributed by atoms with E-state index in [-0.39, 0.29) is 11.8 Å². The second-order valence-corrected chi connectivity index (χ2v) is 2.32. The van der Waals surface area contributed by atoms with Gasteiger partial charge in [0.25, 0.3) is 0 Å². The van der Waals surface area contributed by atoms with Crippen LogP contribution in [0.25, 0.3) is 0 Å². The Bertz CT molecular complexity index is 233. The van der Waals surface area contributed by atoms with E-state index in [2.05, 4.69) is 10.6 Å². The standard InChI is InChI=1S/2C4H5NO/c2*6-4-2-1-3-5-4/h1,3H,2H2,(H,5,6);1-2H,3H2,(H,5,6). The molecule has 0 aromatic heterocycles. The second-order valence-electron chi connectivity index (χ2n) is 2.32. The molecule has 0 unspecified atom stereocenters. The molecule has 0 fully saturated rings. The Morgan fingerprint density at radius 3 is 2.25 bits per heavy atom. The van der Waals surface area contributed by atoms with Gasteiger partial charge < -0.3 is 10.6 Å². The average molecular weight is 166 g/mol. The van der Waals surface area contributed by atoms with Crippen LogP contribution >= 0.6 is 0 Å². The molecule has 0 saturated heterocycles. The summed E-state index contributed by atoms with van der Waals surface area (Å²) in [6.45, 7) is 0.707. The summed E-state index contributed by atoms with van der Waals surface area (Å²) in [5, 5.41) is 5.07. The molecule has 2 N–H and O–H groups in total. The fourth-order valence-electron chi connectivity index (χ4n) is 0.761. The lowest BCUT2D eigenvalue weighted by Crippen LogP contribution is -2.13. The van der Waals surface area contributed by atoms with Crippen LogP contribution in [0.1, 0.15) is 6.42 Å². The number of amides is 2. The zero-order valence-electron chi connectivity index (χ0n) is 6.54. The number of hydrogen-bond donors (Lipinski definition) is 2. The summed E-state index contributed by atoms with van der Waals surface area (Å²) in [5.41, 5.74) is 0. The highest BCUT2D eigenvalue weighted by molar-refractivity contribution is 5.89. The van der Waals surface area contributed by atoms with Crippen LogP contribution in [-0.2, 0) is 9.59 Å². The van der Waals surface area contributed by atoms with Crippen LogP contribution in [0.3, 0.4) is 0 Å². The van der Waals surface area contributed by atoms with Crippen molar-refractivity contribution in [2.75, 3.05) is 6.54 Å². The summed E-state index contributed by atoms with van der Waals surface area (Å²) >= 11 is 0. The molecule has 0 saturated carbocycles. The molecule has 0 radical (unpaired) electrons. The normalized spacial score (nSPS) is 18.3. The molecule has 4 nitrogen and oxygen atoms in total. The van der Waals surface area contributed by atoms with Gasteiger partial charge in [0.15, 0.2) is 0 Å². The number of rotatable bonds is 0. The van der Waals surface area contributed by atoms with E-state index in [1.807, 2.05) is 0 Å². The van der Waals surface area contributed by atoms with Crippen LogP contribution in [0.5, 0.6) is 0 Å². The predicted octanol–water partition coefficient (Wildman–Crippen LogP) is -0.308. The van der Waals surface area contributed by atoms with Gasteiger partial charge in [0.05, 0.1) is 0 Å². The maximum Gasteiger partial charge on any atom is 0.243 e. The van der Waals surface area contributed by atoms with Crippen LogP contribution in [0.4, 0.5) is 0 Å². The van der Waals surface area contributed by atoms with Crippen molar-refractivity contribution in [3.8, 4) is 0 Å². The number of nitrogens with one attached hydrogen (secondary N) is 2. The Balaban J connectivity index is 0.000000120. The van der Waals surface area contributed by atoms with Gasteiger partial charge in [-0.3, -0.25) is 9.59 Å². The molecular weight excluding hydrogens is 156 g/mol. The Labute approximate surface area is 70.3 Å². The first-order chi connectivity index (χ1) is 5.79. The lowest BCUT2D eigenvalue weighted by molar-refractivity contribution is -0.118. The molecule has 2 aliphatic heterocycles. The van der Waals surface area contributed by atoms with Gasteiger partial charge in [0.2, 0.25) is 11.8 Å². The Hall–Kier alpha value is -1.58. The highest BCUT2D eigenvalue weighted by atomic mass is 16.2. The summed E-state index contributed by atoms with van der Waals surface area (Å²) in [6, 6.07) is 0. The summed E-state index contributed by atoms with van der Waals surface area (Å²) < 4.78 is 0. The van der Waals surface area contributed by atoms with E-state index in [4.69, 9.17) is 0 Å². The average Bonchev–Trinajstić information content (AvgIpc) is 2.63. The van der Waals surface area contributed by atoms with Crippen LogP contribution in [0.15, 0.2) is 24.4 Å². The third kappa shape index (κ3) is 3.01. The first-order valence-electron chi connectivity index (χ1n) is 3.68. The van der Waals surface area contributed by atoms with E-state index < -0.39 is 0 Å². The fraction of sp³-hybridized carbons (Fsp3) is 0.250. The summed E-state index contributed by atoms with van der Waals surface area (Å²) in [4.78, 5) is 20.1. The zero-order chi connectivity index (χ0) is 8.81. The SMILES string of the molecule is O=C1C=CCN1.O=C1CC=CN1. The van der Waals surface area contributed by atoms with Crippen molar-refractivity contribution in [1.82, 2.24) is 10.6 Å². The molecule has 0 spiro atoms. The molecular formula is C8H10N2O2. The van der Waals surface area contributed by atoms with E-state index in [0.29, 0.717) is 13.0 Å². The Kier molecular flexibility index (Phi) is 3.07. The highest BCUT2D eigenvalue weighted by Gasteiger charge is 1.97. The van der Waals surface area contributed by atoms with Crippen LogP contribution in [0.2, 0.25) is 0 Å². The summed E-state index contributed by atoms with van der Waals surface area (Å²) in [7, 11) is 0. The lowest BCUT2D eigenvalue weighted by Gasteiger charge is -1.80. The fourth-order valence-corrected chi connectivity index (χ4v) is 0.761. The molecule has 0 bridgehead atoms. The molecule has 0 aliphatic carbocycles. The maximum atomic E-state index is 10.1. The molecule has 0 aromatic carbocycles. The van der Waals surface area contributed by atoms with E-state index >= 15 is 0 Å². The van der Waals surface area contributed by atoms with Gasteiger partial charge in [-0.25, -0.2) is 0 Å². The van der Waals surface area contributed by atoms with E-state index in [9.17, 15) is 9.59 Å². The third-order valence-electron chi connectivity index (χ3n) is 1.33. The molecule has 64 valence electrons. The predicted molar refractivity (Wildman–Crippen MR) is 44.0 cm³/mol. The lowest BCUT2D eigenvalue weighted by atomic mass is 10.5. The molecule has 2 heterocycles. The minimum atomic E-state index is 0.0231. The largest absolute Gasteiger partial charge is 0.349 e. The third-order valence-corrected chi connectivity index (χ3v) is 1.33. The first-order valence-corrected chi connectivity index (χ1v) is 3.68. The number of hydrogen-bond acceptors (Lipinski definition) is 2. The van der Waals surface area contributed by atoms with Crippen LogP contribution in [-0.4, -0.2) is 18.4 Å². The second kappa shape index (κ2) is 4.33. The first kappa shape index (κ1) is 8.52. The monoisotopic (exact) mass is 166 g/mol. The van der Waals surface area contributed by atoms with Gasteiger partial charge in [0.1, 0.15) is 0 Å². The number of carbonyl (C=O) groups is 2. The molecule has 4 heteroatoms. The molecule has 0 atom stereocenters. The van der Waals surface area contributed by atoms with Gasteiger partial charge in [0, 0.05) is 25.2 Å². The topological polar surface area (TPSA) is 58.2 Å². The maximum absolute atomic E-state index is 10.1. The number of carbonyl (C=O) groups excluding carboxylic acids is 2. The minimum absolute atomic E-state index is 0.0231. The van der Waals surface area contributed by atoms with Gasteiger partial charge in [-0.15, -0.1) is 0 Å². The molecule has 2 aliphatic rings. The highest BCUT2D eigenvalue weighted by Crippen LogP contribution is 1.87. The minimum Gasteiger partial charge on any atom is -0.349 e. The molecule has 0 aromatic rings. The summed E-state index contributed by atoms with van der Waals surface area (Å²) in [5.74, 6) is 0.116. The Morgan fingerprint density at radius 1 is 1.25 bits per heavy atom. The quantitative estimate of drug-likeness (QED) is 0.518. The molecule has 2 amide bonds. The molecule has 12 heavy (non-hydrogen) atoms. The van der Waals surface area contributed by atoms with Crippen molar-refractivity contribution in [3.05, 3.63) is 24.4 Å². The van der Waals surface area contributed by atoms with Gasteiger partial charge in [-0.05, 0) is 0 Å². The molecule has 2 rings (SSSR count). The van der Waals surface area contributed by atoms with Crippen molar-refractivity contribution >= 4 is 11.8 Å². The van der Waals surface area contributed by atoms with Crippen molar-refractivity contribution in [1.29, 1.82) is 0 Å².